The van der Waals surface area contributed by atoms with Crippen molar-refractivity contribution in [2.24, 2.45) is 15.9 Å². The minimum absolute atomic E-state index is 0.0350. The van der Waals surface area contributed by atoms with E-state index < -0.39 is 5.91 Å². The first-order valence-electron chi connectivity index (χ1n) is 10.9. The lowest BCUT2D eigenvalue weighted by molar-refractivity contribution is -0.116. The molecule has 0 fully saturated rings. The fraction of sp³-hybridized carbons (Fsp3) is 0.280. The lowest BCUT2D eigenvalue weighted by Gasteiger charge is -2.14. The summed E-state index contributed by atoms with van der Waals surface area (Å²) in [6, 6.07) is 11.3. The number of aliphatic imine (C=N–C) groups is 1. The molecular formula is C25H29ClN6O3. The number of Topliss-reactive ketones (excluding diaryl/α,β-unsaturated/α-hetero) is 1. The lowest BCUT2D eigenvalue weighted by atomic mass is 10.0. The Balaban J connectivity index is 1.67. The fourth-order valence-corrected chi connectivity index (χ4v) is 4.18. The number of nitrogens with two attached hydrogens (primary N) is 1. The van der Waals surface area contributed by atoms with Gasteiger partial charge in [0.25, 0.3) is 5.91 Å². The Morgan fingerprint density at radius 3 is 2.66 bits per heavy atom. The Bertz CT molecular complexity index is 1270. The fourth-order valence-electron chi connectivity index (χ4n) is 3.78. The third kappa shape index (κ3) is 6.68. The van der Waals surface area contributed by atoms with Crippen molar-refractivity contribution in [3.05, 3.63) is 69.9 Å². The van der Waals surface area contributed by atoms with Crippen LogP contribution in [0.5, 0.6) is 0 Å². The van der Waals surface area contributed by atoms with Crippen LogP contribution < -0.4 is 11.1 Å². The summed E-state index contributed by atoms with van der Waals surface area (Å²) in [5.74, 6) is -0.561. The molecule has 0 saturated carbocycles. The predicted octanol–water partition coefficient (Wildman–Crippen LogP) is 3.25. The van der Waals surface area contributed by atoms with Gasteiger partial charge in [0.1, 0.15) is 7.11 Å². The third-order valence-corrected chi connectivity index (χ3v) is 5.52. The molecule has 0 aliphatic carbocycles. The van der Waals surface area contributed by atoms with Crippen molar-refractivity contribution < 1.29 is 14.4 Å². The van der Waals surface area contributed by atoms with E-state index in [1.807, 2.05) is 51.4 Å². The van der Waals surface area contributed by atoms with Crippen LogP contribution in [0.15, 0.2) is 52.7 Å². The van der Waals surface area contributed by atoms with Crippen LogP contribution in [0.2, 0.25) is 5.02 Å². The van der Waals surface area contributed by atoms with Crippen molar-refractivity contribution in [1.82, 2.24) is 15.2 Å². The van der Waals surface area contributed by atoms with Crippen molar-refractivity contribution in [1.29, 1.82) is 0 Å². The largest absolute Gasteiger partial charge is 0.399 e. The Morgan fingerprint density at radius 2 is 1.97 bits per heavy atom. The van der Waals surface area contributed by atoms with Crippen LogP contribution >= 0.6 is 11.6 Å². The summed E-state index contributed by atoms with van der Waals surface area (Å²) < 4.78 is 0. The number of nitrogens with zero attached hydrogens (tertiary/aromatic N) is 3. The van der Waals surface area contributed by atoms with E-state index in [0.717, 1.165) is 27.6 Å². The molecule has 2 aromatic carbocycles. The summed E-state index contributed by atoms with van der Waals surface area (Å²) in [4.78, 5) is 38.9. The molecule has 0 atom stereocenters. The number of halogens is 1. The zero-order chi connectivity index (χ0) is 25.5. The molecule has 35 heavy (non-hydrogen) atoms. The number of nitrogens with one attached hydrogen (secondary N) is 2. The number of carbonyl (C=O) groups is 2. The standard InChI is InChI=1S/C25H29ClN6O3/c1-15-9-16(10-19(26)24(15)22(33)14-32(2)3)12-29-25(27)30-23(34)11-21(31-35-4)18-13-28-20-8-6-5-7-17(18)20/h5-10,13,28H,11-12,14H2,1-4H3,(H3,27,29,30,34)/b31-21+. The van der Waals surface area contributed by atoms with Gasteiger partial charge in [-0.3, -0.25) is 9.59 Å². The molecule has 0 spiro atoms. The Kier molecular flexibility index (Phi) is 8.62. The number of guanidine groups is 1. The summed E-state index contributed by atoms with van der Waals surface area (Å²) in [6.45, 7) is 2.39. The van der Waals surface area contributed by atoms with Gasteiger partial charge in [0.2, 0.25) is 0 Å². The van der Waals surface area contributed by atoms with E-state index in [4.69, 9.17) is 22.2 Å². The zero-order valence-electron chi connectivity index (χ0n) is 20.2. The maximum Gasteiger partial charge on any atom is 0.255 e. The van der Waals surface area contributed by atoms with Gasteiger partial charge in [-0.15, -0.1) is 0 Å². The summed E-state index contributed by atoms with van der Waals surface area (Å²) >= 11 is 6.38. The van der Waals surface area contributed by atoms with Crippen LogP contribution in [0, 0.1) is 6.92 Å². The maximum atomic E-state index is 12.6. The predicted molar refractivity (Wildman–Crippen MR) is 139 cm³/mol. The van der Waals surface area contributed by atoms with Gasteiger partial charge in [0.15, 0.2) is 11.7 Å². The normalized spacial score (nSPS) is 12.3. The van der Waals surface area contributed by atoms with Crippen molar-refractivity contribution in [3.63, 3.8) is 0 Å². The number of benzene rings is 2. The lowest BCUT2D eigenvalue weighted by Crippen LogP contribution is -2.32. The van der Waals surface area contributed by atoms with Crippen LogP contribution in [0.25, 0.3) is 10.9 Å². The van der Waals surface area contributed by atoms with Gasteiger partial charge in [0, 0.05) is 34.8 Å². The number of fused-ring (bicyclic) bond motifs is 1. The molecule has 0 radical (unpaired) electrons. The monoisotopic (exact) mass is 496 g/mol. The highest BCUT2D eigenvalue weighted by Crippen LogP contribution is 2.23. The smallest absolute Gasteiger partial charge is 0.255 e. The molecule has 0 unspecified atom stereocenters. The molecule has 184 valence electrons. The first-order valence-corrected chi connectivity index (χ1v) is 11.3. The highest BCUT2D eigenvalue weighted by atomic mass is 35.5. The first kappa shape index (κ1) is 25.9. The summed E-state index contributed by atoms with van der Waals surface area (Å²) in [5.41, 5.74) is 10.1. The van der Waals surface area contributed by atoms with E-state index in [0.29, 0.717) is 16.3 Å². The number of para-hydroxylation sites is 1. The molecule has 3 rings (SSSR count). The number of ketones is 1. The Labute approximate surface area is 209 Å². The molecule has 0 aliphatic heterocycles. The molecule has 9 nitrogen and oxygen atoms in total. The van der Waals surface area contributed by atoms with Gasteiger partial charge in [-0.05, 0) is 44.3 Å². The average Bonchev–Trinajstić information content (AvgIpc) is 3.20. The number of hydrogen-bond acceptors (Lipinski definition) is 5. The minimum atomic E-state index is -0.477. The third-order valence-electron chi connectivity index (χ3n) is 5.22. The molecule has 1 amide bonds. The number of rotatable bonds is 9. The Hall–Kier alpha value is -3.69. The highest BCUT2D eigenvalue weighted by Gasteiger charge is 2.17. The topological polar surface area (TPSA) is 125 Å². The van der Waals surface area contributed by atoms with Crippen LogP contribution in [-0.4, -0.2) is 61.0 Å². The van der Waals surface area contributed by atoms with Gasteiger partial charge in [0.05, 0.1) is 23.7 Å². The summed E-state index contributed by atoms with van der Waals surface area (Å²) in [7, 11) is 5.08. The Morgan fingerprint density at radius 1 is 1.23 bits per heavy atom. The van der Waals surface area contributed by atoms with Crippen LogP contribution in [0.3, 0.4) is 0 Å². The minimum Gasteiger partial charge on any atom is -0.399 e. The van der Waals surface area contributed by atoms with E-state index in [1.165, 1.54) is 7.11 Å². The number of aromatic nitrogens is 1. The molecule has 3 aromatic rings. The van der Waals surface area contributed by atoms with Gasteiger partial charge < -0.3 is 25.8 Å². The number of hydrogen-bond donors (Lipinski definition) is 3. The number of carbonyl (C=O) groups excluding carboxylic acids is 2. The molecular weight excluding hydrogens is 468 g/mol. The molecule has 1 heterocycles. The van der Waals surface area contributed by atoms with E-state index in [9.17, 15) is 9.59 Å². The second-order valence-corrected chi connectivity index (χ2v) is 8.73. The number of H-pyrrole nitrogens is 1. The van der Waals surface area contributed by atoms with E-state index >= 15 is 0 Å². The number of likely N-dealkylation sites (N-methyl/N-ethyl adjacent to an activating group) is 1. The van der Waals surface area contributed by atoms with E-state index in [-0.39, 0.29) is 31.3 Å². The van der Waals surface area contributed by atoms with Crippen molar-refractivity contribution in [3.8, 4) is 0 Å². The van der Waals surface area contributed by atoms with Gasteiger partial charge in [-0.2, -0.15) is 4.99 Å². The van der Waals surface area contributed by atoms with E-state index in [1.54, 1.807) is 17.2 Å². The van der Waals surface area contributed by atoms with Crippen molar-refractivity contribution in [2.45, 2.75) is 19.9 Å². The van der Waals surface area contributed by atoms with Crippen LogP contribution in [-0.2, 0) is 16.2 Å². The van der Waals surface area contributed by atoms with Gasteiger partial charge in [-0.1, -0.05) is 41.0 Å². The summed E-state index contributed by atoms with van der Waals surface area (Å²) in [6.07, 6.45) is 1.69. The van der Waals surface area contributed by atoms with Crippen LogP contribution in [0.4, 0.5) is 0 Å². The molecule has 4 N–H and O–H groups in total. The van der Waals surface area contributed by atoms with Crippen molar-refractivity contribution in [2.75, 3.05) is 27.7 Å². The van der Waals surface area contributed by atoms with Crippen LogP contribution in [0.1, 0.15) is 33.5 Å². The van der Waals surface area contributed by atoms with Gasteiger partial charge in [-0.25, -0.2) is 0 Å². The number of oxime groups is 1. The number of aryl methyl sites for hydroxylation is 1. The molecule has 10 heteroatoms. The summed E-state index contributed by atoms with van der Waals surface area (Å²) in [5, 5.41) is 8.23. The molecule has 0 aliphatic rings. The van der Waals surface area contributed by atoms with E-state index in [2.05, 4.69) is 20.4 Å². The zero-order valence-corrected chi connectivity index (χ0v) is 20.9. The number of amides is 1. The molecule has 0 bridgehead atoms. The second kappa shape index (κ2) is 11.6. The second-order valence-electron chi connectivity index (χ2n) is 8.32. The molecule has 1 aromatic heterocycles. The maximum absolute atomic E-state index is 12.6. The average molecular weight is 497 g/mol. The number of aromatic amines is 1. The van der Waals surface area contributed by atoms with Gasteiger partial charge >= 0.3 is 0 Å². The molecule has 0 saturated heterocycles. The SMILES string of the molecule is CO/N=C(\CC(=O)/N=C(/N)NCc1cc(C)c(C(=O)CN(C)C)c(Cl)c1)c1c[nH]c2ccccc12. The quantitative estimate of drug-likeness (QED) is 0.181. The highest BCUT2D eigenvalue weighted by molar-refractivity contribution is 6.34. The first-order chi connectivity index (χ1) is 16.7. The van der Waals surface area contributed by atoms with Crippen molar-refractivity contribution >= 4 is 45.9 Å².